The van der Waals surface area contributed by atoms with Crippen LogP contribution in [0.2, 0.25) is 0 Å². The second-order valence-corrected chi connectivity index (χ2v) is 4.97. The highest BCUT2D eigenvalue weighted by molar-refractivity contribution is 5.63. The Morgan fingerprint density at radius 2 is 1.96 bits per heavy atom. The summed E-state index contributed by atoms with van der Waals surface area (Å²) in [5, 5.41) is 8.28. The molecular weight excluding hydrogens is 309 g/mol. The van der Waals surface area contributed by atoms with Crippen molar-refractivity contribution in [1.29, 1.82) is 0 Å². The van der Waals surface area contributed by atoms with E-state index in [1.807, 2.05) is 13.2 Å². The molecule has 120 valence electrons. The predicted octanol–water partition coefficient (Wildman–Crippen LogP) is 3.07. The lowest BCUT2D eigenvalue weighted by atomic mass is 10.1. The van der Waals surface area contributed by atoms with Gasteiger partial charge < -0.3 is 4.74 Å². The Labute approximate surface area is 129 Å². The molecule has 2 aromatic heterocycles. The minimum Gasteiger partial charge on any atom is -0.432 e. The topological polar surface area (TPSA) is 44.9 Å². The number of benzene rings is 1. The van der Waals surface area contributed by atoms with Gasteiger partial charge in [-0.3, -0.25) is 9.36 Å². The van der Waals surface area contributed by atoms with Gasteiger partial charge in [-0.15, -0.1) is 0 Å². The average molecular weight is 322 g/mol. The number of aromatic nitrogens is 4. The van der Waals surface area contributed by atoms with Gasteiger partial charge in [0.25, 0.3) is 0 Å². The summed E-state index contributed by atoms with van der Waals surface area (Å²) < 4.78 is 45.5. The number of nitrogens with zero attached hydrogens (tertiary/aromatic N) is 4. The Balaban J connectivity index is 1.82. The highest BCUT2D eigenvalue weighted by Gasteiger charge is 2.12. The fraction of sp³-hybridized carbons (Fsp3) is 0.200. The van der Waals surface area contributed by atoms with Crippen LogP contribution in [0.15, 0.2) is 43.0 Å². The van der Waals surface area contributed by atoms with Crippen LogP contribution in [0.4, 0.5) is 13.2 Å². The second-order valence-electron chi connectivity index (χ2n) is 4.97. The van der Waals surface area contributed by atoms with Crippen LogP contribution in [0.5, 0.6) is 5.75 Å². The molecule has 3 aromatic rings. The summed E-state index contributed by atoms with van der Waals surface area (Å²) in [4.78, 5) is 0. The van der Waals surface area contributed by atoms with Crippen molar-refractivity contribution in [3.63, 3.8) is 0 Å². The SMILES string of the molecule is Cn1cc(Cn2cc(-c3ccc(F)c(OC(F)F)c3)cn2)cn1. The summed E-state index contributed by atoms with van der Waals surface area (Å²) in [5.74, 6) is -1.32. The molecule has 3 rings (SSSR count). The lowest BCUT2D eigenvalue weighted by Crippen LogP contribution is -2.03. The van der Waals surface area contributed by atoms with Gasteiger partial charge in [-0.2, -0.15) is 19.0 Å². The Morgan fingerprint density at radius 3 is 2.65 bits per heavy atom. The lowest BCUT2D eigenvalue weighted by molar-refractivity contribution is -0.0521. The molecule has 0 aliphatic carbocycles. The quantitative estimate of drug-likeness (QED) is 0.725. The van der Waals surface area contributed by atoms with Crippen molar-refractivity contribution in [2.75, 3.05) is 0 Å². The largest absolute Gasteiger partial charge is 0.432 e. The van der Waals surface area contributed by atoms with E-state index in [2.05, 4.69) is 14.9 Å². The Hall–Kier alpha value is -2.77. The first kappa shape index (κ1) is 15.1. The van der Waals surface area contributed by atoms with E-state index in [4.69, 9.17) is 0 Å². The smallest absolute Gasteiger partial charge is 0.387 e. The Morgan fingerprint density at radius 1 is 1.13 bits per heavy atom. The highest BCUT2D eigenvalue weighted by Crippen LogP contribution is 2.27. The summed E-state index contributed by atoms with van der Waals surface area (Å²) in [6, 6.07) is 3.80. The van der Waals surface area contributed by atoms with Gasteiger partial charge in [0.05, 0.1) is 18.9 Å². The van der Waals surface area contributed by atoms with Crippen molar-refractivity contribution in [2.45, 2.75) is 13.2 Å². The highest BCUT2D eigenvalue weighted by atomic mass is 19.3. The number of rotatable bonds is 5. The van der Waals surface area contributed by atoms with E-state index in [9.17, 15) is 13.2 Å². The van der Waals surface area contributed by atoms with Gasteiger partial charge in [0.2, 0.25) is 0 Å². The molecule has 0 aliphatic heterocycles. The molecule has 0 atom stereocenters. The number of halogens is 3. The zero-order chi connectivity index (χ0) is 16.4. The van der Waals surface area contributed by atoms with Crippen LogP contribution >= 0.6 is 0 Å². The van der Waals surface area contributed by atoms with E-state index in [0.717, 1.165) is 11.6 Å². The molecule has 0 aliphatic rings. The van der Waals surface area contributed by atoms with Gasteiger partial charge in [0, 0.05) is 30.6 Å². The third kappa shape index (κ3) is 3.53. The predicted molar refractivity (Wildman–Crippen MR) is 76.6 cm³/mol. The van der Waals surface area contributed by atoms with E-state index in [1.165, 1.54) is 12.1 Å². The van der Waals surface area contributed by atoms with E-state index < -0.39 is 18.2 Å². The Kier molecular flexibility index (Phi) is 4.05. The molecule has 5 nitrogen and oxygen atoms in total. The number of aryl methyl sites for hydroxylation is 1. The van der Waals surface area contributed by atoms with Gasteiger partial charge in [0.1, 0.15) is 0 Å². The normalized spacial score (nSPS) is 11.2. The second kappa shape index (κ2) is 6.15. The molecule has 0 saturated heterocycles. The number of alkyl halides is 2. The molecule has 0 saturated carbocycles. The zero-order valence-corrected chi connectivity index (χ0v) is 12.2. The van der Waals surface area contributed by atoms with Crippen molar-refractivity contribution in [1.82, 2.24) is 19.6 Å². The maximum atomic E-state index is 13.5. The van der Waals surface area contributed by atoms with Crippen LogP contribution in [0, 0.1) is 5.82 Å². The van der Waals surface area contributed by atoms with Crippen LogP contribution in [0.1, 0.15) is 5.56 Å². The molecule has 0 radical (unpaired) electrons. The Bertz CT molecular complexity index is 813. The monoisotopic (exact) mass is 322 g/mol. The molecule has 0 N–H and O–H groups in total. The fourth-order valence-electron chi connectivity index (χ4n) is 2.21. The van der Waals surface area contributed by atoms with Crippen LogP contribution in [0.3, 0.4) is 0 Å². The van der Waals surface area contributed by atoms with E-state index >= 15 is 0 Å². The minimum absolute atomic E-state index is 0.488. The molecule has 1 aromatic carbocycles. The molecule has 0 amide bonds. The third-order valence-electron chi connectivity index (χ3n) is 3.22. The van der Waals surface area contributed by atoms with Gasteiger partial charge >= 0.3 is 6.61 Å². The number of hydrogen-bond donors (Lipinski definition) is 0. The van der Waals surface area contributed by atoms with Crippen LogP contribution < -0.4 is 4.74 Å². The van der Waals surface area contributed by atoms with Gasteiger partial charge in [-0.25, -0.2) is 4.39 Å². The van der Waals surface area contributed by atoms with Gasteiger partial charge in [0.15, 0.2) is 11.6 Å². The van der Waals surface area contributed by atoms with Crippen molar-refractivity contribution in [3.05, 3.63) is 54.4 Å². The molecule has 0 fully saturated rings. The van der Waals surface area contributed by atoms with Crippen molar-refractivity contribution >= 4 is 0 Å². The first-order valence-electron chi connectivity index (χ1n) is 6.76. The van der Waals surface area contributed by atoms with Crippen molar-refractivity contribution in [3.8, 4) is 16.9 Å². The summed E-state index contributed by atoms with van der Waals surface area (Å²) >= 11 is 0. The van der Waals surface area contributed by atoms with E-state index in [0.29, 0.717) is 17.7 Å². The molecule has 0 bridgehead atoms. The first-order chi connectivity index (χ1) is 11.0. The maximum Gasteiger partial charge on any atom is 0.387 e. The third-order valence-corrected chi connectivity index (χ3v) is 3.22. The van der Waals surface area contributed by atoms with Crippen LogP contribution in [-0.4, -0.2) is 26.2 Å². The van der Waals surface area contributed by atoms with Crippen molar-refractivity contribution in [2.24, 2.45) is 7.05 Å². The summed E-state index contributed by atoms with van der Waals surface area (Å²) in [7, 11) is 1.82. The molecular formula is C15H13F3N4O. The lowest BCUT2D eigenvalue weighted by Gasteiger charge is -2.07. The zero-order valence-electron chi connectivity index (χ0n) is 12.2. The maximum absolute atomic E-state index is 13.5. The fourth-order valence-corrected chi connectivity index (χ4v) is 2.21. The number of hydrogen-bond acceptors (Lipinski definition) is 3. The average Bonchev–Trinajstić information content (AvgIpc) is 3.11. The van der Waals surface area contributed by atoms with Gasteiger partial charge in [-0.1, -0.05) is 6.07 Å². The van der Waals surface area contributed by atoms with Crippen molar-refractivity contribution < 1.29 is 17.9 Å². The summed E-state index contributed by atoms with van der Waals surface area (Å²) in [6.45, 7) is -2.55. The van der Waals surface area contributed by atoms with Gasteiger partial charge in [-0.05, 0) is 17.7 Å². The molecule has 2 heterocycles. The van der Waals surface area contributed by atoms with E-state index in [-0.39, 0.29) is 0 Å². The van der Waals surface area contributed by atoms with E-state index in [1.54, 1.807) is 28.0 Å². The van der Waals surface area contributed by atoms with Crippen LogP contribution in [-0.2, 0) is 13.6 Å². The number of ether oxygens (including phenoxy) is 1. The molecule has 0 unspecified atom stereocenters. The molecule has 0 spiro atoms. The summed E-state index contributed by atoms with van der Waals surface area (Å²) in [5.41, 5.74) is 2.19. The minimum atomic E-state index is -3.08. The molecule has 23 heavy (non-hydrogen) atoms. The first-order valence-corrected chi connectivity index (χ1v) is 6.76. The standard InChI is InChI=1S/C15H13F3N4O/c1-21-7-10(5-19-21)8-22-9-12(6-20-22)11-2-3-13(16)14(4-11)23-15(17)18/h2-7,9,15H,8H2,1H3. The summed E-state index contributed by atoms with van der Waals surface area (Å²) in [6.07, 6.45) is 6.92. The molecule has 8 heteroatoms. The van der Waals surface area contributed by atoms with Crippen LogP contribution in [0.25, 0.3) is 11.1 Å².